The molecule has 2 aliphatic carbocycles. The fourth-order valence-electron chi connectivity index (χ4n) is 2.58. The number of carbonyl (C=O) groups is 3. The summed E-state index contributed by atoms with van der Waals surface area (Å²) in [5, 5.41) is 0. The number of aliphatic imine (C=N–C) groups is 1. The van der Waals surface area contributed by atoms with Crippen LogP contribution in [0.1, 0.15) is 6.42 Å². The predicted molar refractivity (Wildman–Crippen MR) is 65.0 cm³/mol. The molecular formula is C14H9NO3. The van der Waals surface area contributed by atoms with E-state index < -0.39 is 5.41 Å². The van der Waals surface area contributed by atoms with Crippen LogP contribution < -0.4 is 0 Å². The first-order valence-corrected chi connectivity index (χ1v) is 5.56. The molecule has 0 aromatic heterocycles. The van der Waals surface area contributed by atoms with Crippen molar-refractivity contribution < 1.29 is 14.4 Å². The van der Waals surface area contributed by atoms with Gasteiger partial charge in [0.2, 0.25) is 0 Å². The number of aldehydes is 1. The quantitative estimate of drug-likeness (QED) is 0.508. The molecule has 0 aromatic carbocycles. The van der Waals surface area contributed by atoms with Crippen molar-refractivity contribution in [2.24, 2.45) is 10.4 Å². The first kappa shape index (κ1) is 10.8. The van der Waals surface area contributed by atoms with Crippen molar-refractivity contribution in [3.63, 3.8) is 0 Å². The molecule has 1 unspecified atom stereocenters. The van der Waals surface area contributed by atoms with Crippen LogP contribution in [0.3, 0.4) is 0 Å². The van der Waals surface area contributed by atoms with E-state index in [1.807, 2.05) is 0 Å². The van der Waals surface area contributed by atoms with Gasteiger partial charge in [0.25, 0.3) is 0 Å². The summed E-state index contributed by atoms with van der Waals surface area (Å²) in [6, 6.07) is 0. The lowest BCUT2D eigenvalue weighted by molar-refractivity contribution is -0.128. The van der Waals surface area contributed by atoms with Crippen LogP contribution in [-0.2, 0) is 14.4 Å². The van der Waals surface area contributed by atoms with Crippen LogP contribution in [0.5, 0.6) is 0 Å². The zero-order valence-electron chi connectivity index (χ0n) is 9.42. The average molecular weight is 239 g/mol. The Morgan fingerprint density at radius 1 is 1.28 bits per heavy atom. The van der Waals surface area contributed by atoms with Crippen molar-refractivity contribution in [3.8, 4) is 0 Å². The molecule has 0 saturated heterocycles. The smallest absolute Gasteiger partial charge is 0.168 e. The minimum absolute atomic E-state index is 0.134. The first-order valence-electron chi connectivity index (χ1n) is 5.56. The Kier molecular flexibility index (Phi) is 2.13. The number of Topliss-reactive ketones (excluding diaryl/α,β-unsaturated/α-hetero) is 1. The molecule has 0 fully saturated rings. The van der Waals surface area contributed by atoms with Crippen molar-refractivity contribution >= 4 is 23.6 Å². The van der Waals surface area contributed by atoms with Crippen LogP contribution in [0.15, 0.2) is 52.7 Å². The van der Waals surface area contributed by atoms with E-state index in [1.54, 1.807) is 24.3 Å². The van der Waals surface area contributed by atoms with Crippen LogP contribution in [0.2, 0.25) is 0 Å². The highest BCUT2D eigenvalue weighted by atomic mass is 16.2. The number of ketones is 2. The summed E-state index contributed by atoms with van der Waals surface area (Å²) >= 11 is 0. The Hall–Kier alpha value is -2.36. The second-order valence-electron chi connectivity index (χ2n) is 4.37. The number of allylic oxidation sites excluding steroid dienone is 7. The highest BCUT2D eigenvalue weighted by Gasteiger charge is 2.48. The van der Waals surface area contributed by atoms with E-state index in [9.17, 15) is 14.4 Å². The zero-order chi connectivity index (χ0) is 12.8. The Morgan fingerprint density at radius 3 is 2.89 bits per heavy atom. The van der Waals surface area contributed by atoms with Gasteiger partial charge in [-0.2, -0.15) is 0 Å². The number of nitrogens with zero attached hydrogens (tertiary/aromatic N) is 1. The van der Waals surface area contributed by atoms with Crippen LogP contribution in [-0.4, -0.2) is 23.6 Å². The maximum Gasteiger partial charge on any atom is 0.168 e. The Balaban J connectivity index is 2.33. The maximum atomic E-state index is 12.3. The Morgan fingerprint density at radius 2 is 2.11 bits per heavy atom. The van der Waals surface area contributed by atoms with E-state index in [0.29, 0.717) is 17.4 Å². The van der Waals surface area contributed by atoms with E-state index in [-0.39, 0.29) is 23.7 Å². The summed E-state index contributed by atoms with van der Waals surface area (Å²) in [6.45, 7) is 0. The summed E-state index contributed by atoms with van der Waals surface area (Å²) < 4.78 is 0. The summed E-state index contributed by atoms with van der Waals surface area (Å²) in [4.78, 5) is 38.9. The van der Waals surface area contributed by atoms with Gasteiger partial charge in [0.15, 0.2) is 17.9 Å². The van der Waals surface area contributed by atoms with E-state index in [0.717, 1.165) is 0 Å². The molecule has 88 valence electrons. The Bertz CT molecular complexity index is 631. The number of rotatable bonds is 1. The van der Waals surface area contributed by atoms with Crippen LogP contribution in [0, 0.1) is 5.41 Å². The van der Waals surface area contributed by atoms with Crippen molar-refractivity contribution in [1.82, 2.24) is 0 Å². The summed E-state index contributed by atoms with van der Waals surface area (Å²) in [5.41, 5.74) is 0.275. The molecule has 3 aliphatic rings. The second kappa shape index (κ2) is 3.57. The molecule has 1 aliphatic heterocycles. The molecule has 1 spiro atoms. The van der Waals surface area contributed by atoms with Gasteiger partial charge in [-0.15, -0.1) is 0 Å². The molecule has 1 heterocycles. The van der Waals surface area contributed by atoms with E-state index >= 15 is 0 Å². The molecule has 3 rings (SSSR count). The molecule has 0 bridgehead atoms. The van der Waals surface area contributed by atoms with Crippen molar-refractivity contribution in [2.75, 3.05) is 0 Å². The fourth-order valence-corrected chi connectivity index (χ4v) is 2.58. The van der Waals surface area contributed by atoms with Gasteiger partial charge in [-0.3, -0.25) is 19.4 Å². The zero-order valence-corrected chi connectivity index (χ0v) is 9.42. The van der Waals surface area contributed by atoms with Gasteiger partial charge in [0.05, 0.1) is 6.42 Å². The lowest BCUT2D eigenvalue weighted by Crippen LogP contribution is -2.42. The third-order valence-corrected chi connectivity index (χ3v) is 3.42. The van der Waals surface area contributed by atoms with Gasteiger partial charge in [0, 0.05) is 11.8 Å². The van der Waals surface area contributed by atoms with Gasteiger partial charge >= 0.3 is 0 Å². The third-order valence-electron chi connectivity index (χ3n) is 3.42. The first-order chi connectivity index (χ1) is 8.68. The molecular weight excluding hydrogens is 230 g/mol. The second-order valence-corrected chi connectivity index (χ2v) is 4.37. The molecule has 0 aromatic rings. The summed E-state index contributed by atoms with van der Waals surface area (Å²) in [7, 11) is 0. The molecule has 0 amide bonds. The topological polar surface area (TPSA) is 63.6 Å². The van der Waals surface area contributed by atoms with Crippen molar-refractivity contribution in [1.29, 1.82) is 0 Å². The van der Waals surface area contributed by atoms with Gasteiger partial charge in [-0.25, -0.2) is 0 Å². The van der Waals surface area contributed by atoms with Crippen LogP contribution >= 0.6 is 0 Å². The van der Waals surface area contributed by atoms with Crippen LogP contribution in [0.25, 0.3) is 0 Å². The largest absolute Gasteiger partial charge is 0.297 e. The number of hydrogen-bond acceptors (Lipinski definition) is 4. The summed E-state index contributed by atoms with van der Waals surface area (Å²) in [5.74, 6) is -0.481. The molecule has 1 atom stereocenters. The number of carbonyl (C=O) groups excluding carboxylic acids is 3. The normalized spacial score (nSPS) is 29.0. The van der Waals surface area contributed by atoms with Gasteiger partial charge in [-0.05, 0) is 11.6 Å². The average Bonchev–Trinajstić information content (AvgIpc) is 2.38. The minimum Gasteiger partial charge on any atom is -0.297 e. The monoisotopic (exact) mass is 239 g/mol. The van der Waals surface area contributed by atoms with E-state index in [2.05, 4.69) is 4.99 Å². The van der Waals surface area contributed by atoms with Gasteiger partial charge in [-0.1, -0.05) is 24.3 Å². The van der Waals surface area contributed by atoms with Crippen molar-refractivity contribution in [2.45, 2.75) is 6.42 Å². The summed E-state index contributed by atoms with van der Waals surface area (Å²) in [6.07, 6.45) is 10.4. The fraction of sp³-hybridized carbons (Fsp3) is 0.143. The predicted octanol–water partition coefficient (Wildman–Crippen LogP) is 1.10. The maximum absolute atomic E-state index is 12.3. The lowest BCUT2D eigenvalue weighted by Gasteiger charge is -2.38. The minimum atomic E-state index is -0.985. The van der Waals surface area contributed by atoms with Gasteiger partial charge in [0.1, 0.15) is 11.1 Å². The van der Waals surface area contributed by atoms with E-state index in [4.69, 9.17) is 0 Å². The molecule has 0 saturated carbocycles. The molecule has 18 heavy (non-hydrogen) atoms. The lowest BCUT2D eigenvalue weighted by atomic mass is 9.63. The number of hydrogen-bond donors (Lipinski definition) is 0. The molecule has 0 N–H and O–H groups in total. The van der Waals surface area contributed by atoms with Crippen molar-refractivity contribution in [3.05, 3.63) is 47.7 Å². The molecule has 0 radical (unpaired) electrons. The molecule has 4 nitrogen and oxygen atoms in total. The highest BCUT2D eigenvalue weighted by Crippen LogP contribution is 2.46. The Labute approximate surface area is 103 Å². The molecule has 4 heteroatoms. The van der Waals surface area contributed by atoms with Gasteiger partial charge < -0.3 is 0 Å². The third kappa shape index (κ3) is 1.20. The van der Waals surface area contributed by atoms with Crippen LogP contribution in [0.4, 0.5) is 0 Å². The standard InChI is InChI=1S/C14H9NO3/c16-8-12-11-5-10(17)6-13(18)14(11)4-2-1-3-9(14)7-15-12/h1-5,7-8H,6H2. The SMILES string of the molecule is O=CC1=NC=C2C=CC=CC23C(=O)CC(=O)C=C13. The van der Waals surface area contributed by atoms with E-state index in [1.165, 1.54) is 12.3 Å². The highest BCUT2D eigenvalue weighted by molar-refractivity contribution is 6.41.